The molecular formula is C15H16N2O5. The number of carbonyl (C=O) groups excluding carboxylic acids is 1. The van der Waals surface area contributed by atoms with Crippen molar-refractivity contribution in [2.45, 2.75) is 6.92 Å². The van der Waals surface area contributed by atoms with Crippen molar-refractivity contribution in [3.05, 3.63) is 35.9 Å². The normalized spacial score (nSPS) is 9.95. The lowest BCUT2D eigenvalue weighted by molar-refractivity contribution is 0.0523. The van der Waals surface area contributed by atoms with Crippen LogP contribution >= 0.6 is 0 Å². The van der Waals surface area contributed by atoms with E-state index in [9.17, 15) is 4.79 Å². The molecule has 0 aliphatic carbocycles. The fourth-order valence-corrected chi connectivity index (χ4v) is 1.67. The molecule has 116 valence electrons. The predicted molar refractivity (Wildman–Crippen MR) is 77.6 cm³/mol. The van der Waals surface area contributed by atoms with Gasteiger partial charge in [-0.1, -0.05) is 12.1 Å². The SMILES string of the molecule is CCOC(=O)c1ccccc1Oc1nc(OC)cc(OC)n1. The highest BCUT2D eigenvalue weighted by atomic mass is 16.5. The van der Waals surface area contributed by atoms with Crippen molar-refractivity contribution in [3.8, 4) is 23.5 Å². The Bertz CT molecular complexity index is 638. The smallest absolute Gasteiger partial charge is 0.341 e. The van der Waals surface area contributed by atoms with Crippen molar-refractivity contribution in [1.29, 1.82) is 0 Å². The Labute approximate surface area is 127 Å². The number of nitrogens with zero attached hydrogens (tertiary/aromatic N) is 2. The van der Waals surface area contributed by atoms with Gasteiger partial charge in [0.25, 0.3) is 0 Å². The standard InChI is InChI=1S/C15H16N2O5/c1-4-21-14(18)10-7-5-6-8-11(10)22-15-16-12(19-2)9-13(17-15)20-3/h5-9H,4H2,1-3H3. The average Bonchev–Trinajstić information content (AvgIpc) is 2.55. The summed E-state index contributed by atoms with van der Waals surface area (Å²) in [5.41, 5.74) is 0.287. The Balaban J connectivity index is 2.33. The summed E-state index contributed by atoms with van der Waals surface area (Å²) in [5, 5.41) is 0. The highest BCUT2D eigenvalue weighted by molar-refractivity contribution is 5.92. The summed E-state index contributed by atoms with van der Waals surface area (Å²) >= 11 is 0. The number of esters is 1. The van der Waals surface area contributed by atoms with Crippen LogP contribution in [0.2, 0.25) is 0 Å². The molecule has 0 saturated carbocycles. The van der Waals surface area contributed by atoms with Gasteiger partial charge in [-0.15, -0.1) is 0 Å². The lowest BCUT2D eigenvalue weighted by Gasteiger charge is -2.10. The fraction of sp³-hybridized carbons (Fsp3) is 0.267. The first-order chi connectivity index (χ1) is 10.7. The molecule has 2 rings (SSSR count). The number of hydrogen-bond donors (Lipinski definition) is 0. The Kier molecular flexibility index (Phi) is 5.13. The number of carbonyl (C=O) groups is 1. The Morgan fingerprint density at radius 2 is 1.73 bits per heavy atom. The largest absolute Gasteiger partial charge is 0.481 e. The van der Waals surface area contributed by atoms with E-state index in [2.05, 4.69) is 9.97 Å². The second-order valence-corrected chi connectivity index (χ2v) is 4.05. The fourth-order valence-electron chi connectivity index (χ4n) is 1.67. The summed E-state index contributed by atoms with van der Waals surface area (Å²) in [6.45, 7) is 2.01. The quantitative estimate of drug-likeness (QED) is 0.758. The highest BCUT2D eigenvalue weighted by Crippen LogP contribution is 2.26. The first-order valence-corrected chi connectivity index (χ1v) is 6.59. The number of benzene rings is 1. The topological polar surface area (TPSA) is 79.8 Å². The molecule has 0 spiro atoms. The molecule has 0 fully saturated rings. The second kappa shape index (κ2) is 7.26. The van der Waals surface area contributed by atoms with Crippen LogP contribution in [0.3, 0.4) is 0 Å². The number of ether oxygens (including phenoxy) is 4. The molecule has 0 atom stereocenters. The first-order valence-electron chi connectivity index (χ1n) is 6.59. The Morgan fingerprint density at radius 3 is 2.32 bits per heavy atom. The molecule has 0 radical (unpaired) electrons. The molecule has 2 aromatic rings. The zero-order valence-electron chi connectivity index (χ0n) is 12.5. The molecule has 0 bridgehead atoms. The summed E-state index contributed by atoms with van der Waals surface area (Å²) in [6, 6.07) is 8.20. The van der Waals surface area contributed by atoms with Crippen LogP contribution in [0.25, 0.3) is 0 Å². The van der Waals surface area contributed by atoms with Crippen LogP contribution in [0.4, 0.5) is 0 Å². The minimum atomic E-state index is -0.479. The monoisotopic (exact) mass is 304 g/mol. The van der Waals surface area contributed by atoms with Crippen LogP contribution in [-0.2, 0) is 4.74 Å². The van der Waals surface area contributed by atoms with E-state index in [1.165, 1.54) is 20.3 Å². The van der Waals surface area contributed by atoms with Gasteiger partial charge in [0.05, 0.1) is 26.9 Å². The Hall–Kier alpha value is -2.83. The number of rotatable bonds is 6. The van der Waals surface area contributed by atoms with Gasteiger partial charge >= 0.3 is 12.0 Å². The van der Waals surface area contributed by atoms with Gasteiger partial charge in [0.1, 0.15) is 11.3 Å². The zero-order valence-corrected chi connectivity index (χ0v) is 12.5. The second-order valence-electron chi connectivity index (χ2n) is 4.05. The van der Waals surface area contributed by atoms with Crippen LogP contribution in [0, 0.1) is 0 Å². The van der Waals surface area contributed by atoms with Gasteiger partial charge in [-0.2, -0.15) is 9.97 Å². The number of methoxy groups -OCH3 is 2. The Morgan fingerprint density at radius 1 is 1.09 bits per heavy atom. The maximum absolute atomic E-state index is 11.9. The van der Waals surface area contributed by atoms with Crippen molar-refractivity contribution >= 4 is 5.97 Å². The molecule has 22 heavy (non-hydrogen) atoms. The van der Waals surface area contributed by atoms with E-state index < -0.39 is 5.97 Å². The van der Waals surface area contributed by atoms with Crippen molar-refractivity contribution in [2.75, 3.05) is 20.8 Å². The summed E-state index contributed by atoms with van der Waals surface area (Å²) in [6.07, 6.45) is 0. The third-order valence-electron chi connectivity index (χ3n) is 2.66. The van der Waals surface area contributed by atoms with Gasteiger partial charge in [-0.05, 0) is 19.1 Å². The molecule has 1 aromatic heterocycles. The molecule has 0 N–H and O–H groups in total. The van der Waals surface area contributed by atoms with Crippen molar-refractivity contribution in [1.82, 2.24) is 9.97 Å². The molecule has 0 aliphatic heterocycles. The third-order valence-corrected chi connectivity index (χ3v) is 2.66. The van der Waals surface area contributed by atoms with Gasteiger partial charge in [0.15, 0.2) is 0 Å². The van der Waals surface area contributed by atoms with E-state index in [1.807, 2.05) is 0 Å². The van der Waals surface area contributed by atoms with Gasteiger partial charge in [0.2, 0.25) is 11.8 Å². The first kappa shape index (κ1) is 15.6. The highest BCUT2D eigenvalue weighted by Gasteiger charge is 2.15. The van der Waals surface area contributed by atoms with Crippen molar-refractivity contribution in [2.24, 2.45) is 0 Å². The summed E-state index contributed by atoms with van der Waals surface area (Å²) in [7, 11) is 2.94. The molecule has 0 aliphatic rings. The summed E-state index contributed by atoms with van der Waals surface area (Å²) in [5.74, 6) is 0.384. The van der Waals surface area contributed by atoms with E-state index in [-0.39, 0.29) is 35.7 Å². The minimum Gasteiger partial charge on any atom is -0.481 e. The predicted octanol–water partition coefficient (Wildman–Crippen LogP) is 2.46. The molecule has 7 heteroatoms. The zero-order chi connectivity index (χ0) is 15.9. The van der Waals surface area contributed by atoms with E-state index in [4.69, 9.17) is 18.9 Å². The molecule has 7 nitrogen and oxygen atoms in total. The van der Waals surface area contributed by atoms with E-state index in [0.717, 1.165) is 0 Å². The van der Waals surface area contributed by atoms with E-state index in [1.54, 1.807) is 31.2 Å². The van der Waals surface area contributed by atoms with Crippen LogP contribution in [-0.4, -0.2) is 36.8 Å². The lowest BCUT2D eigenvalue weighted by atomic mass is 10.2. The molecule has 1 heterocycles. The van der Waals surface area contributed by atoms with Gasteiger partial charge < -0.3 is 18.9 Å². The van der Waals surface area contributed by atoms with Crippen LogP contribution < -0.4 is 14.2 Å². The molecule has 0 unspecified atom stereocenters. The van der Waals surface area contributed by atoms with Gasteiger partial charge in [-0.25, -0.2) is 4.79 Å². The lowest BCUT2D eigenvalue weighted by Crippen LogP contribution is -2.07. The van der Waals surface area contributed by atoms with Crippen molar-refractivity contribution in [3.63, 3.8) is 0 Å². The third kappa shape index (κ3) is 3.63. The van der Waals surface area contributed by atoms with Crippen molar-refractivity contribution < 1.29 is 23.7 Å². The van der Waals surface area contributed by atoms with E-state index in [0.29, 0.717) is 0 Å². The number of para-hydroxylation sites is 1. The molecular weight excluding hydrogens is 288 g/mol. The minimum absolute atomic E-state index is 0.00736. The molecule has 0 amide bonds. The summed E-state index contributed by atoms with van der Waals surface area (Å²) < 4.78 is 20.7. The van der Waals surface area contributed by atoms with E-state index >= 15 is 0 Å². The van der Waals surface area contributed by atoms with Crippen LogP contribution in [0.5, 0.6) is 23.5 Å². The number of hydrogen-bond acceptors (Lipinski definition) is 7. The van der Waals surface area contributed by atoms with Gasteiger partial charge in [0, 0.05) is 0 Å². The number of aromatic nitrogens is 2. The maximum Gasteiger partial charge on any atom is 0.341 e. The average molecular weight is 304 g/mol. The van der Waals surface area contributed by atoms with Crippen LogP contribution in [0.15, 0.2) is 30.3 Å². The molecule has 1 aromatic carbocycles. The van der Waals surface area contributed by atoms with Crippen LogP contribution in [0.1, 0.15) is 17.3 Å². The summed E-state index contributed by atoms with van der Waals surface area (Å²) in [4.78, 5) is 20.0. The maximum atomic E-state index is 11.9. The molecule has 0 saturated heterocycles. The van der Waals surface area contributed by atoms with Gasteiger partial charge in [-0.3, -0.25) is 0 Å².